The molecule has 0 fully saturated rings. The van der Waals surface area contributed by atoms with Crippen molar-refractivity contribution in [2.75, 3.05) is 6.54 Å². The van der Waals surface area contributed by atoms with Crippen LogP contribution in [0.4, 0.5) is 0 Å². The minimum absolute atomic E-state index is 0.606. The summed E-state index contributed by atoms with van der Waals surface area (Å²) in [5.41, 5.74) is 0. The molecule has 0 saturated heterocycles. The Morgan fingerprint density at radius 3 is 2.67 bits per heavy atom. The number of rotatable bonds is 6. The lowest BCUT2D eigenvalue weighted by Gasteiger charge is -2.23. The van der Waals surface area contributed by atoms with Crippen LogP contribution in [0.2, 0.25) is 0 Å². The molecule has 1 N–H and O–H groups in total. The van der Waals surface area contributed by atoms with Crippen LogP contribution in [0, 0.1) is 5.92 Å². The van der Waals surface area contributed by atoms with Gasteiger partial charge in [-0.3, -0.25) is 0 Å². The maximum absolute atomic E-state index is 3.60. The predicted octanol–water partition coefficient (Wildman–Crippen LogP) is 4.08. The summed E-state index contributed by atoms with van der Waals surface area (Å²) in [7, 11) is 0. The Labute approximate surface area is 105 Å². The fourth-order valence-corrected chi connectivity index (χ4v) is 3.27. The zero-order chi connectivity index (χ0) is 11.3. The normalized spacial score (nSPS) is 15.2. The van der Waals surface area contributed by atoms with Gasteiger partial charge in [-0.1, -0.05) is 27.2 Å². The van der Waals surface area contributed by atoms with Crippen LogP contribution in [0.1, 0.15) is 32.1 Å². The van der Waals surface area contributed by atoms with Gasteiger partial charge >= 0.3 is 0 Å². The summed E-state index contributed by atoms with van der Waals surface area (Å²) < 4.78 is 1.26. The van der Waals surface area contributed by atoms with Crippen LogP contribution < -0.4 is 5.32 Å². The van der Waals surface area contributed by atoms with E-state index < -0.39 is 0 Å². The number of hydrogen-bond donors (Lipinski definition) is 1. The van der Waals surface area contributed by atoms with Gasteiger partial charge < -0.3 is 5.32 Å². The summed E-state index contributed by atoms with van der Waals surface area (Å²) in [6, 6.07) is 2.74. The average molecular weight is 290 g/mol. The predicted molar refractivity (Wildman–Crippen MR) is 72.6 cm³/mol. The van der Waals surface area contributed by atoms with Crippen molar-refractivity contribution < 1.29 is 0 Å². The van der Waals surface area contributed by atoms with Crippen LogP contribution in [0.3, 0.4) is 0 Å². The highest BCUT2D eigenvalue weighted by molar-refractivity contribution is 9.10. The van der Waals surface area contributed by atoms with Gasteiger partial charge in [0.15, 0.2) is 0 Å². The monoisotopic (exact) mass is 289 g/mol. The molecule has 0 bridgehead atoms. The Morgan fingerprint density at radius 2 is 2.20 bits per heavy atom. The van der Waals surface area contributed by atoms with E-state index in [4.69, 9.17) is 0 Å². The molecule has 0 aliphatic heterocycles. The first-order valence-corrected chi connectivity index (χ1v) is 7.31. The summed E-state index contributed by atoms with van der Waals surface area (Å²) in [6.45, 7) is 7.82. The van der Waals surface area contributed by atoms with E-state index >= 15 is 0 Å². The van der Waals surface area contributed by atoms with E-state index in [0.29, 0.717) is 6.04 Å². The van der Waals surface area contributed by atoms with Crippen LogP contribution in [0.5, 0.6) is 0 Å². The molecular weight excluding hydrogens is 270 g/mol. The molecule has 3 heteroatoms. The van der Waals surface area contributed by atoms with Crippen molar-refractivity contribution in [3.8, 4) is 0 Å². The highest BCUT2D eigenvalue weighted by Crippen LogP contribution is 2.25. The van der Waals surface area contributed by atoms with Gasteiger partial charge in [-0.15, -0.1) is 11.3 Å². The van der Waals surface area contributed by atoms with Crippen molar-refractivity contribution in [1.29, 1.82) is 0 Å². The van der Waals surface area contributed by atoms with Crippen LogP contribution in [0.25, 0.3) is 0 Å². The SMILES string of the molecule is CCNC(Cc1sccc1Br)C(C)CC. The van der Waals surface area contributed by atoms with Crippen molar-refractivity contribution in [2.45, 2.75) is 39.7 Å². The third kappa shape index (κ3) is 3.89. The number of nitrogens with one attached hydrogen (secondary N) is 1. The van der Waals surface area contributed by atoms with Crippen LogP contribution in [-0.2, 0) is 6.42 Å². The van der Waals surface area contributed by atoms with Gasteiger partial charge in [0.05, 0.1) is 0 Å². The number of likely N-dealkylation sites (N-methyl/N-ethyl adjacent to an activating group) is 1. The smallest absolute Gasteiger partial charge is 0.0314 e. The zero-order valence-electron chi connectivity index (χ0n) is 9.72. The largest absolute Gasteiger partial charge is 0.314 e. The molecule has 1 rings (SSSR count). The van der Waals surface area contributed by atoms with Crippen LogP contribution in [0.15, 0.2) is 15.9 Å². The van der Waals surface area contributed by atoms with Crippen molar-refractivity contribution >= 4 is 27.3 Å². The molecule has 1 aromatic heterocycles. The van der Waals surface area contributed by atoms with E-state index in [2.05, 4.69) is 53.5 Å². The highest BCUT2D eigenvalue weighted by Gasteiger charge is 2.16. The van der Waals surface area contributed by atoms with Gasteiger partial charge in [0, 0.05) is 15.4 Å². The topological polar surface area (TPSA) is 12.0 Å². The van der Waals surface area contributed by atoms with Crippen molar-refractivity contribution in [1.82, 2.24) is 5.32 Å². The lowest BCUT2D eigenvalue weighted by molar-refractivity contribution is 0.372. The second kappa shape index (κ2) is 6.66. The van der Waals surface area contributed by atoms with Gasteiger partial charge in [-0.05, 0) is 46.3 Å². The molecule has 0 aliphatic rings. The molecule has 0 amide bonds. The van der Waals surface area contributed by atoms with Gasteiger partial charge in [-0.2, -0.15) is 0 Å². The lowest BCUT2D eigenvalue weighted by atomic mass is 9.96. The lowest BCUT2D eigenvalue weighted by Crippen LogP contribution is -2.36. The summed E-state index contributed by atoms with van der Waals surface area (Å²) in [6.07, 6.45) is 2.38. The Hall–Kier alpha value is 0.140. The quantitative estimate of drug-likeness (QED) is 0.832. The number of halogens is 1. The van der Waals surface area contributed by atoms with Gasteiger partial charge in [0.1, 0.15) is 0 Å². The molecule has 0 aliphatic carbocycles. The van der Waals surface area contributed by atoms with Crippen LogP contribution in [-0.4, -0.2) is 12.6 Å². The number of thiophene rings is 1. The van der Waals surface area contributed by atoms with Gasteiger partial charge in [-0.25, -0.2) is 0 Å². The first-order valence-electron chi connectivity index (χ1n) is 5.64. The third-order valence-electron chi connectivity index (χ3n) is 2.89. The molecule has 1 aromatic rings. The maximum atomic E-state index is 3.60. The fraction of sp³-hybridized carbons (Fsp3) is 0.667. The summed E-state index contributed by atoms with van der Waals surface area (Å²) in [5.74, 6) is 0.735. The minimum atomic E-state index is 0.606. The first kappa shape index (κ1) is 13.2. The molecule has 0 spiro atoms. The molecule has 2 atom stereocenters. The minimum Gasteiger partial charge on any atom is -0.314 e. The molecular formula is C12H20BrNS. The first-order chi connectivity index (χ1) is 7.19. The molecule has 2 unspecified atom stereocenters. The van der Waals surface area contributed by atoms with E-state index in [-0.39, 0.29) is 0 Å². The molecule has 0 saturated carbocycles. The number of hydrogen-bond acceptors (Lipinski definition) is 2. The Balaban J connectivity index is 2.62. The van der Waals surface area contributed by atoms with Gasteiger partial charge in [0.25, 0.3) is 0 Å². The second-order valence-corrected chi connectivity index (χ2v) is 5.80. The Bertz CT molecular complexity index is 285. The van der Waals surface area contributed by atoms with Gasteiger partial charge in [0.2, 0.25) is 0 Å². The van der Waals surface area contributed by atoms with E-state index in [9.17, 15) is 0 Å². The molecule has 1 heterocycles. The highest BCUT2D eigenvalue weighted by atomic mass is 79.9. The molecule has 1 nitrogen and oxygen atoms in total. The second-order valence-electron chi connectivity index (χ2n) is 3.95. The summed E-state index contributed by atoms with van der Waals surface area (Å²) in [5, 5.41) is 5.74. The summed E-state index contributed by atoms with van der Waals surface area (Å²) >= 11 is 5.44. The molecule has 0 radical (unpaired) electrons. The van der Waals surface area contributed by atoms with Crippen LogP contribution >= 0.6 is 27.3 Å². The molecule has 0 aromatic carbocycles. The Kier molecular flexibility index (Phi) is 5.87. The summed E-state index contributed by atoms with van der Waals surface area (Å²) in [4.78, 5) is 1.46. The van der Waals surface area contributed by atoms with E-state index in [1.807, 2.05) is 11.3 Å². The van der Waals surface area contributed by atoms with E-state index in [1.54, 1.807) is 0 Å². The van der Waals surface area contributed by atoms with E-state index in [0.717, 1.165) is 18.9 Å². The Morgan fingerprint density at radius 1 is 1.47 bits per heavy atom. The molecule has 86 valence electrons. The fourth-order valence-electron chi connectivity index (χ4n) is 1.69. The molecule has 15 heavy (non-hydrogen) atoms. The van der Waals surface area contributed by atoms with E-state index in [1.165, 1.54) is 15.8 Å². The average Bonchev–Trinajstić information content (AvgIpc) is 2.63. The maximum Gasteiger partial charge on any atom is 0.0314 e. The van der Waals surface area contributed by atoms with Crippen molar-refractivity contribution in [2.24, 2.45) is 5.92 Å². The zero-order valence-corrected chi connectivity index (χ0v) is 12.1. The standard InChI is InChI=1S/C12H20BrNS/c1-4-9(3)11(14-5-2)8-12-10(13)6-7-15-12/h6-7,9,11,14H,4-5,8H2,1-3H3. The third-order valence-corrected chi connectivity index (χ3v) is 4.84. The van der Waals surface area contributed by atoms with Crippen molar-refractivity contribution in [3.05, 3.63) is 20.8 Å². The van der Waals surface area contributed by atoms with Crippen molar-refractivity contribution in [3.63, 3.8) is 0 Å².